The Kier molecular flexibility index (Phi) is 4.61. The maximum Gasteiger partial charge on any atom is 0.245 e. The van der Waals surface area contributed by atoms with Crippen LogP contribution >= 0.6 is 0 Å². The molecule has 0 bridgehead atoms. The highest BCUT2D eigenvalue weighted by Crippen LogP contribution is 2.30. The Bertz CT molecular complexity index is 1010. The smallest absolute Gasteiger partial charge is 0.245 e. The fourth-order valence-corrected chi connectivity index (χ4v) is 4.11. The summed E-state index contributed by atoms with van der Waals surface area (Å²) in [5, 5.41) is 7.81. The first kappa shape index (κ1) is 18.0. The zero-order valence-corrected chi connectivity index (χ0v) is 16.9. The molecule has 10 heteroatoms. The number of anilines is 3. The van der Waals surface area contributed by atoms with Gasteiger partial charge in [-0.05, 0) is 43.4 Å². The highest BCUT2D eigenvalue weighted by Gasteiger charge is 2.27. The molecule has 2 saturated heterocycles. The van der Waals surface area contributed by atoms with Crippen LogP contribution in [0.25, 0.3) is 11.3 Å². The molecule has 152 valence electrons. The molecule has 0 saturated carbocycles. The van der Waals surface area contributed by atoms with Crippen molar-refractivity contribution in [2.75, 3.05) is 54.0 Å². The Morgan fingerprint density at radius 3 is 1.86 bits per heavy atom. The number of aryl methyl sites for hydroxylation is 2. The van der Waals surface area contributed by atoms with Gasteiger partial charge < -0.3 is 14.7 Å². The summed E-state index contributed by atoms with van der Waals surface area (Å²) in [5.74, 6) is 2.75. The topological polar surface area (TPSA) is 100 Å². The van der Waals surface area contributed by atoms with Gasteiger partial charge in [-0.25, -0.2) is 19.6 Å². The van der Waals surface area contributed by atoms with Crippen LogP contribution in [-0.4, -0.2) is 69.5 Å². The number of hydrogen-bond acceptors (Lipinski definition) is 10. The quantitative estimate of drug-likeness (QED) is 0.652. The number of piperazine rings is 1. The van der Waals surface area contributed by atoms with Crippen LogP contribution in [0.4, 0.5) is 17.5 Å². The molecule has 3 aromatic rings. The van der Waals surface area contributed by atoms with Crippen LogP contribution in [-0.2, 0) is 0 Å². The van der Waals surface area contributed by atoms with E-state index in [0.29, 0.717) is 11.3 Å². The molecule has 2 fully saturated rings. The molecule has 3 aromatic heterocycles. The molecule has 29 heavy (non-hydrogen) atoms. The molecule has 0 amide bonds. The van der Waals surface area contributed by atoms with E-state index in [4.69, 9.17) is 19.6 Å². The first-order valence-electron chi connectivity index (χ1n) is 10.2. The van der Waals surface area contributed by atoms with Crippen LogP contribution in [0, 0.1) is 13.8 Å². The average Bonchev–Trinajstić information content (AvgIpc) is 3.23. The monoisotopic (exact) mass is 395 g/mol. The van der Waals surface area contributed by atoms with Crippen LogP contribution < -0.4 is 14.7 Å². The number of aromatic nitrogens is 6. The van der Waals surface area contributed by atoms with E-state index in [2.05, 4.69) is 30.0 Å². The minimum absolute atomic E-state index is 0.462. The third-order valence-electron chi connectivity index (χ3n) is 5.66. The van der Waals surface area contributed by atoms with Gasteiger partial charge in [-0.15, -0.1) is 0 Å². The Balaban J connectivity index is 1.41. The predicted molar refractivity (Wildman–Crippen MR) is 109 cm³/mol. The normalized spacial score (nSPS) is 17.9. The third kappa shape index (κ3) is 3.43. The molecule has 5 heterocycles. The molecule has 0 N–H and O–H groups in total. The Hall–Kier alpha value is -3.04. The van der Waals surface area contributed by atoms with E-state index in [9.17, 15) is 0 Å². The van der Waals surface area contributed by atoms with Crippen molar-refractivity contribution in [3.05, 3.63) is 17.6 Å². The van der Waals surface area contributed by atoms with E-state index in [1.807, 2.05) is 20.0 Å². The molecule has 5 rings (SSSR count). The lowest BCUT2D eigenvalue weighted by atomic mass is 10.1. The number of fused-ring (bicyclic) bond motifs is 1. The molecule has 2 aliphatic rings. The second kappa shape index (κ2) is 7.41. The van der Waals surface area contributed by atoms with Gasteiger partial charge in [-0.3, -0.25) is 4.98 Å². The van der Waals surface area contributed by atoms with Crippen LogP contribution in [0.15, 0.2) is 10.8 Å². The Morgan fingerprint density at radius 1 is 0.690 bits per heavy atom. The average molecular weight is 395 g/mol. The van der Waals surface area contributed by atoms with Gasteiger partial charge in [-0.2, -0.15) is 0 Å². The van der Waals surface area contributed by atoms with Crippen molar-refractivity contribution in [2.24, 2.45) is 0 Å². The van der Waals surface area contributed by atoms with Crippen molar-refractivity contribution in [1.29, 1.82) is 0 Å². The van der Waals surface area contributed by atoms with Crippen LogP contribution in [0.3, 0.4) is 0 Å². The molecule has 0 aromatic carbocycles. The summed E-state index contributed by atoms with van der Waals surface area (Å²) in [6.07, 6.45) is 5.43. The molecule has 0 unspecified atom stereocenters. The van der Waals surface area contributed by atoms with E-state index in [-0.39, 0.29) is 0 Å². The zero-order chi connectivity index (χ0) is 19.8. The molecule has 2 aliphatic heterocycles. The lowest BCUT2D eigenvalue weighted by Crippen LogP contribution is -2.48. The van der Waals surface area contributed by atoms with E-state index in [0.717, 1.165) is 68.1 Å². The fraction of sp³-hybridized carbons (Fsp3) is 0.579. The lowest BCUT2D eigenvalue weighted by molar-refractivity contribution is 0.314. The predicted octanol–water partition coefficient (Wildman–Crippen LogP) is 1.74. The highest BCUT2D eigenvalue weighted by atomic mass is 16.6. The SMILES string of the molecule is Cc1cnc(C)c(N2CCN(c3nc4nonc4nc3N3CCCCC3)CC2)n1. The largest absolute Gasteiger partial charge is 0.353 e. The second-order valence-electron chi connectivity index (χ2n) is 7.72. The van der Waals surface area contributed by atoms with Gasteiger partial charge in [0.2, 0.25) is 11.3 Å². The van der Waals surface area contributed by atoms with Crippen LogP contribution in [0.5, 0.6) is 0 Å². The minimum Gasteiger partial charge on any atom is -0.353 e. The summed E-state index contributed by atoms with van der Waals surface area (Å²) in [5.41, 5.74) is 2.84. The van der Waals surface area contributed by atoms with Gasteiger partial charge in [0.05, 0.1) is 11.4 Å². The zero-order valence-electron chi connectivity index (χ0n) is 16.9. The van der Waals surface area contributed by atoms with E-state index < -0.39 is 0 Å². The highest BCUT2D eigenvalue weighted by molar-refractivity contribution is 5.75. The molecular formula is C19H25N9O. The van der Waals surface area contributed by atoms with Crippen molar-refractivity contribution in [3.63, 3.8) is 0 Å². The summed E-state index contributed by atoms with van der Waals surface area (Å²) in [4.78, 5) is 25.6. The standard InChI is InChI=1S/C19H25N9O/c1-13-12-20-14(2)17(21-13)27-8-10-28(11-9-27)19-18(26-6-4-3-5-7-26)22-15-16(23-19)25-29-24-15/h12H,3-11H2,1-2H3. The summed E-state index contributed by atoms with van der Waals surface area (Å²) in [7, 11) is 0. The number of piperidine rings is 1. The number of hydrogen-bond donors (Lipinski definition) is 0. The first-order chi connectivity index (χ1) is 14.2. The van der Waals surface area contributed by atoms with Gasteiger partial charge in [0.25, 0.3) is 0 Å². The summed E-state index contributed by atoms with van der Waals surface area (Å²) in [6, 6.07) is 0. The minimum atomic E-state index is 0.462. The van der Waals surface area contributed by atoms with E-state index in [1.54, 1.807) is 0 Å². The molecule has 0 aliphatic carbocycles. The van der Waals surface area contributed by atoms with Crippen molar-refractivity contribution < 1.29 is 4.63 Å². The summed E-state index contributed by atoms with van der Waals surface area (Å²) < 4.78 is 4.86. The Morgan fingerprint density at radius 2 is 1.24 bits per heavy atom. The summed E-state index contributed by atoms with van der Waals surface area (Å²) >= 11 is 0. The molecule has 0 spiro atoms. The van der Waals surface area contributed by atoms with Gasteiger partial charge in [0.15, 0.2) is 11.6 Å². The maximum absolute atomic E-state index is 4.86. The number of nitrogens with zero attached hydrogens (tertiary/aromatic N) is 9. The van der Waals surface area contributed by atoms with Crippen molar-refractivity contribution in [1.82, 2.24) is 30.2 Å². The molecular weight excluding hydrogens is 370 g/mol. The molecule has 0 radical (unpaired) electrons. The van der Waals surface area contributed by atoms with Gasteiger partial charge in [0, 0.05) is 45.5 Å². The van der Waals surface area contributed by atoms with Gasteiger partial charge in [-0.1, -0.05) is 0 Å². The summed E-state index contributed by atoms with van der Waals surface area (Å²) in [6.45, 7) is 9.37. The van der Waals surface area contributed by atoms with Crippen LogP contribution in [0.1, 0.15) is 30.7 Å². The van der Waals surface area contributed by atoms with E-state index >= 15 is 0 Å². The fourth-order valence-electron chi connectivity index (χ4n) is 4.11. The van der Waals surface area contributed by atoms with Crippen molar-refractivity contribution >= 4 is 28.7 Å². The molecule has 10 nitrogen and oxygen atoms in total. The van der Waals surface area contributed by atoms with Crippen molar-refractivity contribution in [2.45, 2.75) is 33.1 Å². The van der Waals surface area contributed by atoms with Gasteiger partial charge >= 0.3 is 0 Å². The van der Waals surface area contributed by atoms with Crippen LogP contribution in [0.2, 0.25) is 0 Å². The Labute approximate surface area is 168 Å². The third-order valence-corrected chi connectivity index (χ3v) is 5.66. The first-order valence-corrected chi connectivity index (χ1v) is 10.2. The lowest BCUT2D eigenvalue weighted by Gasteiger charge is -2.38. The molecule has 0 atom stereocenters. The maximum atomic E-state index is 4.86. The van der Waals surface area contributed by atoms with E-state index in [1.165, 1.54) is 19.3 Å². The second-order valence-corrected chi connectivity index (χ2v) is 7.72. The van der Waals surface area contributed by atoms with Crippen molar-refractivity contribution in [3.8, 4) is 0 Å². The van der Waals surface area contributed by atoms with Gasteiger partial charge in [0.1, 0.15) is 5.82 Å². The number of rotatable bonds is 3.